The highest BCUT2D eigenvalue weighted by Crippen LogP contribution is 2.24. The van der Waals surface area contributed by atoms with Gasteiger partial charge in [0.1, 0.15) is 0 Å². The van der Waals surface area contributed by atoms with Gasteiger partial charge in [-0.05, 0) is 17.5 Å². The smallest absolute Gasteiger partial charge is 0.328 e. The number of carboxylic acids is 2. The summed E-state index contributed by atoms with van der Waals surface area (Å²) in [5.41, 5.74) is 2.65. The maximum Gasteiger partial charge on any atom is 0.328 e. The Bertz CT molecular complexity index is 610. The molecule has 0 bridgehead atoms. The van der Waals surface area contributed by atoms with E-state index in [-0.39, 0.29) is 0 Å². The van der Waals surface area contributed by atoms with E-state index < -0.39 is 11.9 Å². The first-order valence-electron chi connectivity index (χ1n) is 6.11. The van der Waals surface area contributed by atoms with Crippen molar-refractivity contribution in [2.24, 2.45) is 0 Å². The number of H-pyrrole nitrogens is 1. The molecule has 0 aliphatic carbocycles. The Labute approximate surface area is 116 Å². The molecule has 0 spiro atoms. The highest BCUT2D eigenvalue weighted by Gasteiger charge is 2.04. The van der Waals surface area contributed by atoms with E-state index in [9.17, 15) is 9.59 Å². The number of nitrogens with one attached hydrogen (secondary N) is 1. The molecule has 2 aromatic rings. The van der Waals surface area contributed by atoms with Crippen LogP contribution in [0.25, 0.3) is 10.9 Å². The van der Waals surface area contributed by atoms with Crippen molar-refractivity contribution in [3.05, 3.63) is 48.2 Å². The molecule has 0 aliphatic rings. The second-order valence-corrected chi connectivity index (χ2v) is 4.45. The van der Waals surface area contributed by atoms with Gasteiger partial charge in [-0.2, -0.15) is 0 Å². The van der Waals surface area contributed by atoms with Crippen LogP contribution in [0.3, 0.4) is 0 Å². The van der Waals surface area contributed by atoms with Crippen molar-refractivity contribution >= 4 is 22.8 Å². The van der Waals surface area contributed by atoms with Crippen LogP contribution >= 0.6 is 0 Å². The standard InChI is InChI=1S/C11H13N.C4H4O4/c1-8(2)10-7-12-11-6-4-3-5-9(10)11;5-3(6)1-2-4(7)8/h3-8,12H,1-2H3;1-2H,(H,5,6)(H,7,8). The lowest BCUT2D eigenvalue weighted by molar-refractivity contribution is -0.134. The molecule has 1 heterocycles. The van der Waals surface area contributed by atoms with Crippen LogP contribution in [-0.2, 0) is 9.59 Å². The van der Waals surface area contributed by atoms with Crippen molar-refractivity contribution in [2.45, 2.75) is 19.8 Å². The third-order valence-electron chi connectivity index (χ3n) is 2.61. The molecule has 5 heteroatoms. The zero-order valence-corrected chi connectivity index (χ0v) is 11.3. The summed E-state index contributed by atoms with van der Waals surface area (Å²) < 4.78 is 0. The first-order chi connectivity index (χ1) is 9.41. The number of rotatable bonds is 3. The summed E-state index contributed by atoms with van der Waals surface area (Å²) in [6.07, 6.45) is 3.22. The van der Waals surface area contributed by atoms with Gasteiger partial charge >= 0.3 is 11.9 Å². The molecule has 0 saturated carbocycles. The van der Waals surface area contributed by atoms with Crippen molar-refractivity contribution in [1.29, 1.82) is 0 Å². The predicted octanol–water partition coefficient (Wildman–Crippen LogP) is 3.00. The van der Waals surface area contributed by atoms with E-state index in [4.69, 9.17) is 10.2 Å². The first-order valence-corrected chi connectivity index (χ1v) is 6.11. The molecule has 0 fully saturated rings. The first kappa shape index (κ1) is 15.5. The second-order valence-electron chi connectivity index (χ2n) is 4.45. The zero-order chi connectivity index (χ0) is 15.1. The highest BCUT2D eigenvalue weighted by atomic mass is 16.4. The summed E-state index contributed by atoms with van der Waals surface area (Å²) >= 11 is 0. The van der Waals surface area contributed by atoms with E-state index in [1.54, 1.807) is 0 Å². The Morgan fingerprint density at radius 2 is 1.65 bits per heavy atom. The molecule has 0 saturated heterocycles. The van der Waals surface area contributed by atoms with Crippen LogP contribution in [0.2, 0.25) is 0 Å². The zero-order valence-electron chi connectivity index (χ0n) is 11.3. The minimum atomic E-state index is -1.26. The van der Waals surface area contributed by atoms with Gasteiger partial charge in [0.25, 0.3) is 0 Å². The molecular weight excluding hydrogens is 258 g/mol. The third-order valence-corrected chi connectivity index (χ3v) is 2.61. The number of carbonyl (C=O) groups is 2. The molecule has 1 aromatic heterocycles. The SMILES string of the molecule is CC(C)c1c[nH]c2ccccc12.O=C(O)C=CC(=O)O. The van der Waals surface area contributed by atoms with Crippen LogP contribution in [0, 0.1) is 0 Å². The van der Waals surface area contributed by atoms with E-state index in [0.717, 1.165) is 0 Å². The molecule has 3 N–H and O–H groups in total. The summed E-state index contributed by atoms with van der Waals surface area (Å²) in [4.78, 5) is 22.4. The summed E-state index contributed by atoms with van der Waals surface area (Å²) in [5, 5.41) is 17.0. The molecule has 5 nitrogen and oxygen atoms in total. The summed E-state index contributed by atoms with van der Waals surface area (Å²) in [6.45, 7) is 4.44. The lowest BCUT2D eigenvalue weighted by Gasteiger charge is -2.00. The summed E-state index contributed by atoms with van der Waals surface area (Å²) in [6, 6.07) is 8.42. The van der Waals surface area contributed by atoms with Crippen molar-refractivity contribution in [3.8, 4) is 0 Å². The molecule has 106 valence electrons. The number of aliphatic carboxylic acids is 2. The molecule has 0 amide bonds. The van der Waals surface area contributed by atoms with Gasteiger partial charge in [-0.1, -0.05) is 32.0 Å². The average Bonchev–Trinajstić information content (AvgIpc) is 2.81. The van der Waals surface area contributed by atoms with Gasteiger partial charge in [0.2, 0.25) is 0 Å². The van der Waals surface area contributed by atoms with Gasteiger partial charge in [-0.3, -0.25) is 0 Å². The second kappa shape index (κ2) is 7.13. The Morgan fingerprint density at radius 3 is 2.15 bits per heavy atom. The monoisotopic (exact) mass is 275 g/mol. The lowest BCUT2D eigenvalue weighted by Crippen LogP contribution is -1.91. The van der Waals surface area contributed by atoms with Crippen molar-refractivity contribution < 1.29 is 19.8 Å². The van der Waals surface area contributed by atoms with E-state index in [1.807, 2.05) is 0 Å². The van der Waals surface area contributed by atoms with E-state index >= 15 is 0 Å². The van der Waals surface area contributed by atoms with Crippen LogP contribution < -0.4 is 0 Å². The fourth-order valence-electron chi connectivity index (χ4n) is 1.71. The maximum atomic E-state index is 9.55. The number of aromatic nitrogens is 1. The number of hydrogen-bond donors (Lipinski definition) is 3. The van der Waals surface area contributed by atoms with E-state index in [1.165, 1.54) is 16.5 Å². The quantitative estimate of drug-likeness (QED) is 0.751. The molecule has 1 aromatic carbocycles. The van der Waals surface area contributed by atoms with E-state index in [0.29, 0.717) is 18.1 Å². The van der Waals surface area contributed by atoms with Crippen LogP contribution in [0.4, 0.5) is 0 Å². The summed E-state index contributed by atoms with van der Waals surface area (Å²) in [7, 11) is 0. The van der Waals surface area contributed by atoms with Gasteiger partial charge in [0.05, 0.1) is 0 Å². The van der Waals surface area contributed by atoms with Crippen molar-refractivity contribution in [3.63, 3.8) is 0 Å². The number of carboxylic acid groups (broad SMARTS) is 2. The van der Waals surface area contributed by atoms with Crippen molar-refractivity contribution in [1.82, 2.24) is 4.98 Å². The summed E-state index contributed by atoms with van der Waals surface area (Å²) in [5.74, 6) is -1.92. The molecule has 0 radical (unpaired) electrons. The molecule has 0 aliphatic heterocycles. The van der Waals surface area contributed by atoms with Crippen molar-refractivity contribution in [2.75, 3.05) is 0 Å². The molecule has 0 unspecified atom stereocenters. The normalized spacial score (nSPS) is 10.6. The topological polar surface area (TPSA) is 90.4 Å². The van der Waals surface area contributed by atoms with Gasteiger partial charge in [-0.25, -0.2) is 9.59 Å². The number of hydrogen-bond acceptors (Lipinski definition) is 2. The molecule has 20 heavy (non-hydrogen) atoms. The Hall–Kier alpha value is -2.56. The molecule has 2 rings (SSSR count). The van der Waals surface area contributed by atoms with Crippen LogP contribution in [-0.4, -0.2) is 27.1 Å². The third kappa shape index (κ3) is 4.61. The maximum absolute atomic E-state index is 9.55. The number of benzene rings is 1. The van der Waals surface area contributed by atoms with Gasteiger partial charge in [-0.15, -0.1) is 0 Å². The predicted molar refractivity (Wildman–Crippen MR) is 76.8 cm³/mol. The highest BCUT2D eigenvalue weighted by molar-refractivity contribution is 5.89. The van der Waals surface area contributed by atoms with E-state index in [2.05, 4.69) is 49.3 Å². The Kier molecular flexibility index (Phi) is 5.53. The number of aromatic amines is 1. The molecule has 0 atom stereocenters. The average molecular weight is 275 g/mol. The lowest BCUT2D eigenvalue weighted by atomic mass is 10.0. The van der Waals surface area contributed by atoms with Crippen LogP contribution in [0.15, 0.2) is 42.6 Å². The fraction of sp³-hybridized carbons (Fsp3) is 0.200. The van der Waals surface area contributed by atoms with Crippen LogP contribution in [0.1, 0.15) is 25.3 Å². The minimum Gasteiger partial charge on any atom is -0.478 e. The minimum absolute atomic E-state index is 0.558. The Balaban J connectivity index is 0.000000221. The van der Waals surface area contributed by atoms with Crippen LogP contribution in [0.5, 0.6) is 0 Å². The Morgan fingerprint density at radius 1 is 1.10 bits per heavy atom. The van der Waals surface area contributed by atoms with Gasteiger partial charge in [0.15, 0.2) is 0 Å². The van der Waals surface area contributed by atoms with Gasteiger partial charge in [0, 0.05) is 29.3 Å². The van der Waals surface area contributed by atoms with Gasteiger partial charge < -0.3 is 15.2 Å². The largest absolute Gasteiger partial charge is 0.478 e. The molecular formula is C15H17NO4. The fourth-order valence-corrected chi connectivity index (χ4v) is 1.71. The number of fused-ring (bicyclic) bond motifs is 1. The number of para-hydroxylation sites is 1.